The Morgan fingerprint density at radius 2 is 2.24 bits per heavy atom. The van der Waals surface area contributed by atoms with E-state index in [2.05, 4.69) is 10.2 Å². The molecule has 1 amide bonds. The quantitative estimate of drug-likeness (QED) is 0.854. The van der Waals surface area contributed by atoms with Crippen molar-refractivity contribution in [2.24, 2.45) is 5.92 Å². The summed E-state index contributed by atoms with van der Waals surface area (Å²) in [4.78, 5) is 14.3. The minimum atomic E-state index is -4.00. The molecule has 1 aliphatic heterocycles. The summed E-state index contributed by atoms with van der Waals surface area (Å²) in [6.45, 7) is 2.62. The molecule has 6 nitrogen and oxygen atoms in total. The van der Waals surface area contributed by atoms with Gasteiger partial charge in [0.15, 0.2) is 5.69 Å². The van der Waals surface area contributed by atoms with Crippen LogP contribution in [0, 0.1) is 5.92 Å². The number of hydrogen-bond acceptors (Lipinski definition) is 4. The van der Waals surface area contributed by atoms with Crippen molar-refractivity contribution in [3.63, 3.8) is 0 Å². The predicted octanol–water partition coefficient (Wildman–Crippen LogP) is 1.91. The molecule has 8 heteroatoms. The molecule has 2 unspecified atom stereocenters. The molecule has 1 saturated carbocycles. The Bertz CT molecular complexity index is 670. The molecule has 0 aromatic carbocycles. The molecule has 1 aliphatic carbocycles. The van der Waals surface area contributed by atoms with Crippen molar-refractivity contribution in [1.82, 2.24) is 15.1 Å². The number of aryl methyl sites for hydroxylation is 1. The molecule has 2 bridgehead atoms. The summed E-state index contributed by atoms with van der Waals surface area (Å²) >= 11 is 0. The molecule has 1 aromatic heterocycles. The normalized spacial score (nSPS) is 24.8. The van der Waals surface area contributed by atoms with Crippen molar-refractivity contribution in [3.8, 4) is 0 Å². The Hall–Kier alpha value is -1.08. The zero-order valence-corrected chi connectivity index (χ0v) is 13.4. The zero-order valence-electron chi connectivity index (χ0n) is 11.8. The Morgan fingerprint density at radius 3 is 2.76 bits per heavy atom. The van der Waals surface area contributed by atoms with Crippen LogP contribution in [0.5, 0.6) is 0 Å². The second-order valence-corrected chi connectivity index (χ2v) is 8.36. The summed E-state index contributed by atoms with van der Waals surface area (Å²) in [7, 11) is 1.52. The van der Waals surface area contributed by atoms with E-state index in [1.54, 1.807) is 4.90 Å². The number of amides is 1. The van der Waals surface area contributed by atoms with Crippen molar-refractivity contribution in [1.29, 1.82) is 0 Å². The molecule has 2 heterocycles. The number of rotatable bonds is 4. The minimum absolute atomic E-state index is 0.0546. The monoisotopic (exact) mass is 331 g/mol. The van der Waals surface area contributed by atoms with E-state index in [1.165, 1.54) is 0 Å². The van der Waals surface area contributed by atoms with Crippen molar-refractivity contribution >= 4 is 25.6 Å². The second kappa shape index (κ2) is 5.28. The van der Waals surface area contributed by atoms with Crippen LogP contribution in [0.25, 0.3) is 0 Å². The topological polar surface area (TPSA) is 83.1 Å². The number of aromatic nitrogens is 2. The fourth-order valence-electron chi connectivity index (χ4n) is 3.50. The first kappa shape index (κ1) is 14.8. The first-order valence-corrected chi connectivity index (χ1v) is 9.55. The van der Waals surface area contributed by atoms with Crippen LogP contribution in [-0.4, -0.2) is 42.0 Å². The zero-order chi connectivity index (χ0) is 15.2. The largest absolute Gasteiger partial charge is 0.334 e. The Kier molecular flexibility index (Phi) is 3.73. The number of likely N-dealkylation sites (tertiary alicyclic amines) is 1. The van der Waals surface area contributed by atoms with Gasteiger partial charge < -0.3 is 4.90 Å². The highest BCUT2D eigenvalue weighted by atomic mass is 35.7. The number of aromatic amines is 1. The predicted molar refractivity (Wildman–Crippen MR) is 77.8 cm³/mol. The molecule has 116 valence electrons. The van der Waals surface area contributed by atoms with Gasteiger partial charge in [-0.1, -0.05) is 13.3 Å². The van der Waals surface area contributed by atoms with Crippen LogP contribution in [0.3, 0.4) is 0 Å². The SMILES string of the molecule is CCCc1[nH]nc(C(=O)N2CC3CCC2C3)c1S(=O)(=O)Cl. The highest BCUT2D eigenvalue weighted by Gasteiger charge is 2.42. The van der Waals surface area contributed by atoms with Crippen LogP contribution >= 0.6 is 10.7 Å². The molecule has 2 fully saturated rings. The number of carbonyl (C=O) groups is 1. The van der Waals surface area contributed by atoms with Crippen molar-refractivity contribution in [3.05, 3.63) is 11.4 Å². The Labute approximate surface area is 128 Å². The van der Waals surface area contributed by atoms with Crippen LogP contribution < -0.4 is 0 Å². The second-order valence-electron chi connectivity index (χ2n) is 5.86. The van der Waals surface area contributed by atoms with Gasteiger partial charge in [0.2, 0.25) is 0 Å². The summed E-state index contributed by atoms with van der Waals surface area (Å²) in [5, 5.41) is 6.62. The molecule has 0 spiro atoms. The van der Waals surface area contributed by atoms with Crippen LogP contribution in [0.2, 0.25) is 0 Å². The maximum atomic E-state index is 12.6. The fraction of sp³-hybridized carbons (Fsp3) is 0.692. The van der Waals surface area contributed by atoms with E-state index >= 15 is 0 Å². The van der Waals surface area contributed by atoms with E-state index in [0.717, 1.165) is 25.7 Å². The number of piperidine rings is 1. The first-order chi connectivity index (χ1) is 9.91. The van der Waals surface area contributed by atoms with Gasteiger partial charge in [-0.15, -0.1) is 0 Å². The van der Waals surface area contributed by atoms with Gasteiger partial charge in [0, 0.05) is 23.3 Å². The first-order valence-electron chi connectivity index (χ1n) is 7.24. The highest BCUT2D eigenvalue weighted by molar-refractivity contribution is 8.13. The van der Waals surface area contributed by atoms with Gasteiger partial charge in [0.1, 0.15) is 4.90 Å². The fourth-order valence-corrected chi connectivity index (χ4v) is 4.81. The molecule has 0 radical (unpaired) electrons. The third kappa shape index (κ3) is 2.57. The van der Waals surface area contributed by atoms with Crippen molar-refractivity contribution in [2.45, 2.75) is 50.0 Å². The van der Waals surface area contributed by atoms with E-state index < -0.39 is 9.05 Å². The lowest BCUT2D eigenvalue weighted by Gasteiger charge is -2.26. The number of halogens is 1. The summed E-state index contributed by atoms with van der Waals surface area (Å²) in [5.74, 6) is 0.226. The number of carbonyl (C=O) groups excluding carboxylic acids is 1. The number of H-pyrrole nitrogens is 1. The smallest absolute Gasteiger partial charge is 0.276 e. The summed E-state index contributed by atoms with van der Waals surface area (Å²) < 4.78 is 23.6. The standard InChI is InChI=1S/C13H18ClN3O3S/c1-2-3-10-12(21(14,19)20)11(16-15-10)13(18)17-7-8-4-5-9(17)6-8/h8-9H,2-7H2,1H3,(H,15,16). The van der Waals surface area contributed by atoms with E-state index in [4.69, 9.17) is 10.7 Å². The number of fused-ring (bicyclic) bond motifs is 2. The molecule has 2 aliphatic rings. The summed E-state index contributed by atoms with van der Waals surface area (Å²) in [5.41, 5.74) is 0.362. The van der Waals surface area contributed by atoms with Gasteiger partial charge in [-0.05, 0) is 31.6 Å². The molecule has 3 rings (SSSR count). The third-order valence-electron chi connectivity index (χ3n) is 4.41. The van der Waals surface area contributed by atoms with Crippen LogP contribution in [0.4, 0.5) is 0 Å². The molecular weight excluding hydrogens is 314 g/mol. The van der Waals surface area contributed by atoms with Crippen LogP contribution in [0.15, 0.2) is 4.90 Å². The van der Waals surface area contributed by atoms with Crippen LogP contribution in [0.1, 0.15) is 48.8 Å². The van der Waals surface area contributed by atoms with Gasteiger partial charge in [0.25, 0.3) is 15.0 Å². The van der Waals surface area contributed by atoms with Crippen LogP contribution in [-0.2, 0) is 15.5 Å². The maximum absolute atomic E-state index is 12.6. The van der Waals surface area contributed by atoms with Gasteiger partial charge in [-0.2, -0.15) is 5.10 Å². The van der Waals surface area contributed by atoms with Gasteiger partial charge in [-0.3, -0.25) is 9.89 Å². The number of hydrogen-bond donors (Lipinski definition) is 1. The Balaban J connectivity index is 1.97. The summed E-state index contributed by atoms with van der Waals surface area (Å²) in [6.07, 6.45) is 4.39. The summed E-state index contributed by atoms with van der Waals surface area (Å²) in [6, 6.07) is 0.222. The minimum Gasteiger partial charge on any atom is -0.334 e. The molecule has 1 N–H and O–H groups in total. The third-order valence-corrected chi connectivity index (χ3v) is 5.80. The molecule has 21 heavy (non-hydrogen) atoms. The van der Waals surface area contributed by atoms with Crippen molar-refractivity contribution in [2.75, 3.05) is 6.54 Å². The van der Waals surface area contributed by atoms with E-state index in [1.807, 2.05) is 6.92 Å². The maximum Gasteiger partial charge on any atom is 0.276 e. The molecule has 1 saturated heterocycles. The number of nitrogens with zero attached hydrogens (tertiary/aromatic N) is 2. The average molecular weight is 332 g/mol. The average Bonchev–Trinajstić information content (AvgIpc) is 3.11. The van der Waals surface area contributed by atoms with Gasteiger partial charge >= 0.3 is 0 Å². The molecule has 2 atom stereocenters. The Morgan fingerprint density at radius 1 is 1.48 bits per heavy atom. The lowest BCUT2D eigenvalue weighted by Crippen LogP contribution is -2.38. The lowest BCUT2D eigenvalue weighted by molar-refractivity contribution is 0.0693. The highest BCUT2D eigenvalue weighted by Crippen LogP contribution is 2.38. The van der Waals surface area contributed by atoms with Gasteiger partial charge in [-0.25, -0.2) is 8.42 Å². The number of nitrogens with one attached hydrogen (secondary N) is 1. The molecule has 1 aromatic rings. The lowest BCUT2D eigenvalue weighted by atomic mass is 10.1. The van der Waals surface area contributed by atoms with E-state index in [-0.39, 0.29) is 22.5 Å². The molecular formula is C13H18ClN3O3S. The van der Waals surface area contributed by atoms with E-state index in [0.29, 0.717) is 24.6 Å². The van der Waals surface area contributed by atoms with Crippen molar-refractivity contribution < 1.29 is 13.2 Å². The van der Waals surface area contributed by atoms with E-state index in [9.17, 15) is 13.2 Å². The van der Waals surface area contributed by atoms with Gasteiger partial charge in [0.05, 0.1) is 5.69 Å².